The highest BCUT2D eigenvalue weighted by Crippen LogP contribution is 2.15. The average Bonchev–Trinajstić information content (AvgIpc) is 2.60. The van der Waals surface area contributed by atoms with E-state index < -0.39 is 11.9 Å². The van der Waals surface area contributed by atoms with Gasteiger partial charge in [-0.05, 0) is 6.42 Å². The Morgan fingerprint density at radius 2 is 2.20 bits per heavy atom. The van der Waals surface area contributed by atoms with Crippen LogP contribution in [-0.4, -0.2) is 33.7 Å². The lowest BCUT2D eigenvalue weighted by molar-refractivity contribution is -0.137. The molecule has 0 atom stereocenters. The highest BCUT2D eigenvalue weighted by molar-refractivity contribution is 7.13. The van der Waals surface area contributed by atoms with Gasteiger partial charge in [-0.1, -0.05) is 0 Å². The molecular weight excluding hydrogens is 220 g/mol. The number of aromatic nitrogens is 1. The van der Waals surface area contributed by atoms with Crippen molar-refractivity contribution in [1.29, 1.82) is 0 Å². The predicted octanol–water partition coefficient (Wildman–Crippen LogP) is 1.12. The van der Waals surface area contributed by atoms with Crippen molar-refractivity contribution in [2.24, 2.45) is 0 Å². The van der Waals surface area contributed by atoms with Crippen LogP contribution in [0.4, 0.5) is 5.13 Å². The van der Waals surface area contributed by atoms with Crippen molar-refractivity contribution >= 4 is 28.4 Å². The fraction of sp³-hybridized carbons (Fsp3) is 0.375. The molecule has 1 aromatic rings. The van der Waals surface area contributed by atoms with Crippen molar-refractivity contribution in [2.75, 3.05) is 11.9 Å². The molecule has 0 aromatic carbocycles. The van der Waals surface area contributed by atoms with Crippen LogP contribution in [0.25, 0.3) is 0 Å². The molecule has 82 valence electrons. The predicted molar refractivity (Wildman–Crippen MR) is 54.4 cm³/mol. The molecule has 0 saturated carbocycles. The number of nitrogens with zero attached hydrogens (tertiary/aromatic N) is 1. The topological polar surface area (TPSA) is 99.5 Å². The van der Waals surface area contributed by atoms with Gasteiger partial charge in [-0.25, -0.2) is 9.78 Å². The van der Waals surface area contributed by atoms with Crippen LogP contribution in [0.2, 0.25) is 0 Å². The van der Waals surface area contributed by atoms with Crippen LogP contribution in [0.1, 0.15) is 23.3 Å². The summed E-state index contributed by atoms with van der Waals surface area (Å²) in [6, 6.07) is 0. The van der Waals surface area contributed by atoms with Crippen molar-refractivity contribution in [3.63, 3.8) is 0 Å². The van der Waals surface area contributed by atoms with E-state index >= 15 is 0 Å². The number of anilines is 1. The highest BCUT2D eigenvalue weighted by atomic mass is 32.1. The van der Waals surface area contributed by atoms with E-state index in [0.29, 0.717) is 18.1 Å². The zero-order valence-corrected chi connectivity index (χ0v) is 8.58. The molecule has 15 heavy (non-hydrogen) atoms. The third kappa shape index (κ3) is 3.94. The lowest BCUT2D eigenvalue weighted by Crippen LogP contribution is -2.05. The highest BCUT2D eigenvalue weighted by Gasteiger charge is 2.07. The Kier molecular flexibility index (Phi) is 4.04. The maximum absolute atomic E-state index is 10.5. The van der Waals surface area contributed by atoms with Crippen LogP contribution in [0, 0.1) is 0 Å². The van der Waals surface area contributed by atoms with E-state index in [0.717, 1.165) is 0 Å². The van der Waals surface area contributed by atoms with Gasteiger partial charge < -0.3 is 15.5 Å². The monoisotopic (exact) mass is 230 g/mol. The standard InChI is InChI=1S/C8H10N2O4S/c11-6(12)2-1-3-9-8-10-5(4-15-8)7(13)14/h4H,1-3H2,(H,9,10)(H,11,12)(H,13,14). The Hall–Kier alpha value is -1.63. The number of aliphatic carboxylic acids is 1. The van der Waals surface area contributed by atoms with Gasteiger partial charge >= 0.3 is 11.9 Å². The van der Waals surface area contributed by atoms with Crippen molar-refractivity contribution in [3.05, 3.63) is 11.1 Å². The molecule has 1 aromatic heterocycles. The molecule has 0 aliphatic carbocycles. The third-order valence-corrected chi connectivity index (χ3v) is 2.37. The molecule has 1 rings (SSSR count). The molecule has 0 amide bonds. The van der Waals surface area contributed by atoms with E-state index in [2.05, 4.69) is 10.3 Å². The number of carboxylic acid groups (broad SMARTS) is 2. The van der Waals surface area contributed by atoms with Crippen LogP contribution in [0.15, 0.2) is 5.38 Å². The molecule has 6 nitrogen and oxygen atoms in total. The van der Waals surface area contributed by atoms with Crippen LogP contribution >= 0.6 is 11.3 Å². The number of aromatic carboxylic acids is 1. The van der Waals surface area contributed by atoms with E-state index in [4.69, 9.17) is 10.2 Å². The Labute approximate surface area is 89.6 Å². The number of thiazole rings is 1. The van der Waals surface area contributed by atoms with Gasteiger partial charge in [0.1, 0.15) is 0 Å². The quantitative estimate of drug-likeness (QED) is 0.633. The number of hydrogen-bond donors (Lipinski definition) is 3. The molecule has 0 radical (unpaired) electrons. The molecular formula is C8H10N2O4S. The van der Waals surface area contributed by atoms with Gasteiger partial charge in [-0.3, -0.25) is 4.79 Å². The molecule has 0 aliphatic heterocycles. The van der Waals surface area contributed by atoms with Crippen LogP contribution in [-0.2, 0) is 4.79 Å². The van der Waals surface area contributed by atoms with Gasteiger partial charge in [0, 0.05) is 18.3 Å². The minimum Gasteiger partial charge on any atom is -0.481 e. The molecule has 0 fully saturated rings. The summed E-state index contributed by atoms with van der Waals surface area (Å²) in [4.78, 5) is 24.4. The van der Waals surface area contributed by atoms with Crippen LogP contribution in [0.3, 0.4) is 0 Å². The summed E-state index contributed by atoms with van der Waals surface area (Å²) >= 11 is 1.19. The molecule has 0 spiro atoms. The lowest BCUT2D eigenvalue weighted by atomic mass is 10.3. The summed E-state index contributed by atoms with van der Waals surface area (Å²) in [5, 5.41) is 21.7. The average molecular weight is 230 g/mol. The van der Waals surface area contributed by atoms with Crippen molar-refractivity contribution < 1.29 is 19.8 Å². The van der Waals surface area contributed by atoms with Gasteiger partial charge in [0.25, 0.3) is 0 Å². The van der Waals surface area contributed by atoms with Gasteiger partial charge in [0.2, 0.25) is 0 Å². The Morgan fingerprint density at radius 1 is 1.47 bits per heavy atom. The SMILES string of the molecule is O=C(O)CCCNc1nc(C(=O)O)cs1. The summed E-state index contributed by atoms with van der Waals surface area (Å²) in [6.07, 6.45) is 0.571. The largest absolute Gasteiger partial charge is 0.481 e. The fourth-order valence-electron chi connectivity index (χ4n) is 0.888. The lowest BCUT2D eigenvalue weighted by Gasteiger charge is -1.99. The van der Waals surface area contributed by atoms with Gasteiger partial charge in [0.05, 0.1) is 0 Å². The smallest absolute Gasteiger partial charge is 0.355 e. The van der Waals surface area contributed by atoms with Crippen molar-refractivity contribution in [2.45, 2.75) is 12.8 Å². The van der Waals surface area contributed by atoms with Gasteiger partial charge in [-0.15, -0.1) is 11.3 Å². The number of carboxylic acids is 2. The Bertz CT molecular complexity index is 363. The van der Waals surface area contributed by atoms with E-state index in [1.165, 1.54) is 16.7 Å². The van der Waals surface area contributed by atoms with E-state index in [1.807, 2.05) is 0 Å². The number of rotatable bonds is 6. The molecule has 0 bridgehead atoms. The van der Waals surface area contributed by atoms with E-state index in [-0.39, 0.29) is 12.1 Å². The van der Waals surface area contributed by atoms with Crippen molar-refractivity contribution in [1.82, 2.24) is 4.98 Å². The summed E-state index contributed by atoms with van der Waals surface area (Å²) in [6.45, 7) is 0.471. The minimum atomic E-state index is -1.06. The molecule has 3 N–H and O–H groups in total. The number of hydrogen-bond acceptors (Lipinski definition) is 5. The number of carbonyl (C=O) groups is 2. The first-order chi connectivity index (χ1) is 7.09. The second kappa shape index (κ2) is 5.30. The molecule has 0 aliphatic rings. The first-order valence-electron chi connectivity index (χ1n) is 4.24. The zero-order chi connectivity index (χ0) is 11.3. The van der Waals surface area contributed by atoms with Gasteiger partial charge in [0.15, 0.2) is 10.8 Å². The summed E-state index contributed by atoms with van der Waals surface area (Å²) in [5.41, 5.74) is 0.000680. The molecule has 1 heterocycles. The summed E-state index contributed by atoms with van der Waals surface area (Å²) < 4.78 is 0. The molecule has 0 unspecified atom stereocenters. The fourth-order valence-corrected chi connectivity index (χ4v) is 1.60. The van der Waals surface area contributed by atoms with Crippen LogP contribution in [0.5, 0.6) is 0 Å². The summed E-state index contributed by atoms with van der Waals surface area (Å²) in [5.74, 6) is -1.91. The number of nitrogens with one attached hydrogen (secondary N) is 1. The first-order valence-corrected chi connectivity index (χ1v) is 5.12. The minimum absolute atomic E-state index is 0.000680. The zero-order valence-electron chi connectivity index (χ0n) is 7.77. The first kappa shape index (κ1) is 11.4. The second-order valence-corrected chi connectivity index (χ2v) is 3.63. The maximum atomic E-state index is 10.5. The Balaban J connectivity index is 2.31. The van der Waals surface area contributed by atoms with Gasteiger partial charge in [-0.2, -0.15) is 0 Å². The summed E-state index contributed by atoms with van der Waals surface area (Å²) in [7, 11) is 0. The normalized spacial score (nSPS) is 9.87. The third-order valence-electron chi connectivity index (χ3n) is 1.57. The van der Waals surface area contributed by atoms with E-state index in [1.54, 1.807) is 0 Å². The van der Waals surface area contributed by atoms with E-state index in [9.17, 15) is 9.59 Å². The second-order valence-electron chi connectivity index (χ2n) is 2.77. The van der Waals surface area contributed by atoms with Crippen LogP contribution < -0.4 is 5.32 Å². The molecule has 0 saturated heterocycles. The Morgan fingerprint density at radius 3 is 2.73 bits per heavy atom. The maximum Gasteiger partial charge on any atom is 0.355 e. The van der Waals surface area contributed by atoms with Crippen molar-refractivity contribution in [3.8, 4) is 0 Å². The molecule has 7 heteroatoms.